The van der Waals surface area contributed by atoms with Gasteiger partial charge in [-0.1, -0.05) is 12.1 Å². The van der Waals surface area contributed by atoms with Crippen molar-refractivity contribution in [1.29, 1.82) is 5.26 Å². The Hall–Kier alpha value is -3.76. The lowest BCUT2D eigenvalue weighted by Crippen LogP contribution is -2.54. The molecule has 1 aliphatic heterocycles. The van der Waals surface area contributed by atoms with Gasteiger partial charge in [0.15, 0.2) is 15.5 Å². The van der Waals surface area contributed by atoms with Crippen molar-refractivity contribution in [2.75, 3.05) is 19.6 Å². The third-order valence-electron chi connectivity index (χ3n) is 7.70. The summed E-state index contributed by atoms with van der Waals surface area (Å²) in [5, 5.41) is 18.7. The van der Waals surface area contributed by atoms with Gasteiger partial charge in [0.2, 0.25) is 5.91 Å². The van der Waals surface area contributed by atoms with Crippen LogP contribution in [0.4, 0.5) is 0 Å². The van der Waals surface area contributed by atoms with E-state index >= 15 is 0 Å². The molecule has 1 aromatic carbocycles. The molecule has 4 N–H and O–H groups in total. The summed E-state index contributed by atoms with van der Waals surface area (Å²) in [4.78, 5) is 40.0. The SMILES string of the molecule is C[C@H](N)C(=O)NCC(C)(C)S(=O)(=O)C1(CN2CCc3c(C(=O)NCc4ccc(C#N)cc4)nn(C)c3C2=O)CC1. The number of sulfone groups is 1. The van der Waals surface area contributed by atoms with Gasteiger partial charge in [-0.3, -0.25) is 19.1 Å². The summed E-state index contributed by atoms with van der Waals surface area (Å²) in [7, 11) is -2.17. The summed E-state index contributed by atoms with van der Waals surface area (Å²) in [6.07, 6.45) is 1.20. The van der Waals surface area contributed by atoms with Crippen LogP contribution in [0.25, 0.3) is 0 Å². The van der Waals surface area contributed by atoms with Crippen LogP contribution < -0.4 is 16.4 Å². The predicted octanol–water partition coefficient (Wildman–Crippen LogP) is 0.409. The molecular weight excluding hydrogens is 534 g/mol. The number of benzene rings is 1. The minimum absolute atomic E-state index is 0.0314. The van der Waals surface area contributed by atoms with Crippen molar-refractivity contribution in [3.05, 3.63) is 52.3 Å². The summed E-state index contributed by atoms with van der Waals surface area (Å²) < 4.78 is 26.5. The number of fused-ring (bicyclic) bond motifs is 1. The van der Waals surface area contributed by atoms with E-state index in [2.05, 4.69) is 15.7 Å². The van der Waals surface area contributed by atoms with Gasteiger partial charge in [-0.15, -0.1) is 0 Å². The molecule has 4 rings (SSSR count). The lowest BCUT2D eigenvalue weighted by atomic mass is 10.0. The third-order valence-corrected chi connectivity index (χ3v) is 11.0. The van der Waals surface area contributed by atoms with Gasteiger partial charge in [0.25, 0.3) is 11.8 Å². The van der Waals surface area contributed by atoms with Gasteiger partial charge in [-0.2, -0.15) is 10.4 Å². The van der Waals surface area contributed by atoms with Gasteiger partial charge in [0, 0.05) is 38.8 Å². The molecule has 2 aromatic rings. The molecule has 13 heteroatoms. The van der Waals surface area contributed by atoms with E-state index in [1.165, 1.54) is 16.5 Å². The van der Waals surface area contributed by atoms with Crippen LogP contribution >= 0.6 is 0 Å². The van der Waals surface area contributed by atoms with Crippen molar-refractivity contribution in [1.82, 2.24) is 25.3 Å². The van der Waals surface area contributed by atoms with Gasteiger partial charge < -0.3 is 21.3 Å². The second kappa shape index (κ2) is 10.7. The molecule has 1 saturated carbocycles. The van der Waals surface area contributed by atoms with Crippen molar-refractivity contribution < 1.29 is 22.8 Å². The molecule has 0 radical (unpaired) electrons. The Morgan fingerprint density at radius 2 is 1.88 bits per heavy atom. The first-order valence-corrected chi connectivity index (χ1v) is 14.6. The van der Waals surface area contributed by atoms with Crippen molar-refractivity contribution >= 4 is 27.6 Å². The number of aromatic nitrogens is 2. The Morgan fingerprint density at radius 3 is 2.45 bits per heavy atom. The first-order valence-electron chi connectivity index (χ1n) is 13.1. The maximum atomic E-state index is 13.7. The molecule has 0 saturated heterocycles. The summed E-state index contributed by atoms with van der Waals surface area (Å²) >= 11 is 0. The van der Waals surface area contributed by atoms with Gasteiger partial charge >= 0.3 is 0 Å². The fourth-order valence-electron chi connectivity index (χ4n) is 5.01. The lowest BCUT2D eigenvalue weighted by molar-refractivity contribution is -0.122. The van der Waals surface area contributed by atoms with Crippen LogP contribution in [0.3, 0.4) is 0 Å². The minimum atomic E-state index is -3.76. The van der Waals surface area contributed by atoms with E-state index < -0.39 is 37.2 Å². The highest BCUT2D eigenvalue weighted by atomic mass is 32.2. The molecule has 1 atom stereocenters. The van der Waals surface area contributed by atoms with Crippen LogP contribution in [0.15, 0.2) is 24.3 Å². The molecule has 40 heavy (non-hydrogen) atoms. The number of nitrogens with zero attached hydrogens (tertiary/aromatic N) is 4. The van der Waals surface area contributed by atoms with Crippen LogP contribution in [0.1, 0.15) is 71.3 Å². The van der Waals surface area contributed by atoms with Crippen LogP contribution in [-0.2, 0) is 34.6 Å². The highest BCUT2D eigenvalue weighted by Gasteiger charge is 2.61. The number of nitriles is 1. The van der Waals surface area contributed by atoms with Crippen molar-refractivity contribution in [3.8, 4) is 6.07 Å². The zero-order valence-electron chi connectivity index (χ0n) is 23.2. The largest absolute Gasteiger partial charge is 0.353 e. The highest BCUT2D eigenvalue weighted by Crippen LogP contribution is 2.49. The Kier molecular flexibility index (Phi) is 7.79. The Balaban J connectivity index is 1.46. The standard InChI is InChI=1S/C27H35N7O5S/c1-17(29)23(35)31-15-26(2,3)40(38,39)27(10-11-27)16-34-12-9-20-21(32-33(4)22(20)25(34)37)24(36)30-14-19-7-5-18(13-28)6-8-19/h5-8,17H,9-12,14-16,29H2,1-4H3,(H,30,36)(H,31,35)/t17-/m0/s1. The molecule has 1 aromatic heterocycles. The summed E-state index contributed by atoms with van der Waals surface area (Å²) in [6.45, 7) is 5.11. The van der Waals surface area contributed by atoms with Crippen LogP contribution in [0, 0.1) is 11.3 Å². The molecule has 1 aliphatic carbocycles. The smallest absolute Gasteiger partial charge is 0.272 e. The number of hydrogen-bond donors (Lipinski definition) is 3. The summed E-state index contributed by atoms with van der Waals surface area (Å²) in [5.41, 5.74) is 7.90. The fourth-order valence-corrected chi connectivity index (χ4v) is 7.41. The Bertz CT molecular complexity index is 1480. The van der Waals surface area contributed by atoms with Crippen molar-refractivity contribution in [2.45, 2.75) is 62.1 Å². The molecule has 3 amide bonds. The molecule has 0 bridgehead atoms. The van der Waals surface area contributed by atoms with Crippen molar-refractivity contribution in [3.63, 3.8) is 0 Å². The van der Waals surface area contributed by atoms with Gasteiger partial charge in [0.1, 0.15) is 5.69 Å². The van der Waals surface area contributed by atoms with E-state index in [-0.39, 0.29) is 43.5 Å². The first-order chi connectivity index (χ1) is 18.7. The lowest BCUT2D eigenvalue weighted by Gasteiger charge is -2.35. The van der Waals surface area contributed by atoms with E-state index in [1.54, 1.807) is 45.2 Å². The van der Waals surface area contributed by atoms with Crippen LogP contribution in [-0.4, -0.2) is 76.0 Å². The number of nitrogens with one attached hydrogen (secondary N) is 2. The third kappa shape index (κ3) is 5.33. The number of amides is 3. The quantitative estimate of drug-likeness (QED) is 0.368. The van der Waals surface area contributed by atoms with Crippen LogP contribution in [0.5, 0.6) is 0 Å². The average Bonchev–Trinajstić information content (AvgIpc) is 3.63. The fraction of sp³-hybridized carbons (Fsp3) is 0.519. The number of aryl methyl sites for hydroxylation is 1. The molecule has 0 spiro atoms. The zero-order chi connectivity index (χ0) is 29.5. The minimum Gasteiger partial charge on any atom is -0.353 e. The Labute approximate surface area is 233 Å². The van der Waals surface area contributed by atoms with Crippen molar-refractivity contribution in [2.24, 2.45) is 12.8 Å². The molecular formula is C27H35N7O5S. The number of rotatable bonds is 10. The normalized spacial score (nSPS) is 17.0. The van der Waals surface area contributed by atoms with E-state index in [0.717, 1.165) is 5.56 Å². The molecule has 12 nitrogen and oxygen atoms in total. The van der Waals surface area contributed by atoms with Gasteiger partial charge in [0.05, 0.1) is 27.2 Å². The highest BCUT2D eigenvalue weighted by molar-refractivity contribution is 7.94. The van der Waals surface area contributed by atoms with E-state index in [0.29, 0.717) is 30.4 Å². The monoisotopic (exact) mass is 569 g/mol. The second-order valence-corrected chi connectivity index (χ2v) is 14.2. The topological polar surface area (TPSA) is 180 Å². The molecule has 2 aliphatic rings. The molecule has 214 valence electrons. The van der Waals surface area contributed by atoms with Gasteiger partial charge in [-0.25, -0.2) is 8.42 Å². The average molecular weight is 570 g/mol. The van der Waals surface area contributed by atoms with E-state index in [4.69, 9.17) is 11.0 Å². The second-order valence-electron chi connectivity index (χ2n) is 11.2. The maximum Gasteiger partial charge on any atom is 0.272 e. The number of carbonyl (C=O) groups excluding carboxylic acids is 3. The zero-order valence-corrected chi connectivity index (χ0v) is 24.0. The first kappa shape index (κ1) is 29.2. The number of hydrogen-bond acceptors (Lipinski definition) is 8. The molecule has 1 fully saturated rings. The van der Waals surface area contributed by atoms with Gasteiger partial charge in [-0.05, 0) is 57.7 Å². The van der Waals surface area contributed by atoms with Crippen LogP contribution in [0.2, 0.25) is 0 Å². The summed E-state index contributed by atoms with van der Waals surface area (Å²) in [5.74, 6) is -1.22. The predicted molar refractivity (Wildman–Crippen MR) is 147 cm³/mol. The summed E-state index contributed by atoms with van der Waals surface area (Å²) in [6, 6.07) is 8.14. The van der Waals surface area contributed by atoms with E-state index in [9.17, 15) is 22.8 Å². The number of nitrogens with two attached hydrogens (primary N) is 1. The number of carbonyl (C=O) groups is 3. The molecule has 2 heterocycles. The van der Waals surface area contributed by atoms with E-state index in [1.807, 2.05) is 6.07 Å². The molecule has 0 unspecified atom stereocenters. The Morgan fingerprint density at radius 1 is 1.23 bits per heavy atom. The maximum absolute atomic E-state index is 13.7.